The third kappa shape index (κ3) is 3.08. The number of benzene rings is 2. The number of nitro groups is 1. The van der Waals surface area contributed by atoms with Gasteiger partial charge >= 0.3 is 0 Å². The van der Waals surface area contributed by atoms with Crippen molar-refractivity contribution in [3.63, 3.8) is 0 Å². The molecule has 3 rings (SSSR count). The summed E-state index contributed by atoms with van der Waals surface area (Å²) in [6, 6.07) is 15.4. The van der Waals surface area contributed by atoms with Gasteiger partial charge in [0.05, 0.1) is 4.92 Å². The van der Waals surface area contributed by atoms with E-state index in [1.807, 2.05) is 6.07 Å². The second-order valence-electron chi connectivity index (χ2n) is 5.34. The molecular weight excluding hydrogens is 332 g/mol. The Labute approximate surface area is 131 Å². The number of nitrogens with zero attached hydrogens (tertiary/aromatic N) is 1. The average Bonchev–Trinajstić information content (AvgIpc) is 2.44. The van der Waals surface area contributed by atoms with E-state index in [1.165, 1.54) is 22.2 Å². The Hall–Kier alpha value is -1.88. The van der Waals surface area contributed by atoms with Crippen LogP contribution < -0.4 is 5.32 Å². The van der Waals surface area contributed by atoms with Crippen molar-refractivity contribution in [2.45, 2.75) is 24.8 Å². The quantitative estimate of drug-likeness (QED) is 0.643. The van der Waals surface area contributed by atoms with E-state index in [4.69, 9.17) is 0 Å². The molecule has 1 saturated carbocycles. The van der Waals surface area contributed by atoms with Gasteiger partial charge in [0.15, 0.2) is 0 Å². The minimum Gasteiger partial charge on any atom is -0.382 e. The van der Waals surface area contributed by atoms with Gasteiger partial charge in [0.2, 0.25) is 0 Å². The van der Waals surface area contributed by atoms with Crippen molar-refractivity contribution in [1.29, 1.82) is 0 Å². The molecule has 0 unspecified atom stereocenters. The monoisotopic (exact) mass is 346 g/mol. The van der Waals surface area contributed by atoms with E-state index >= 15 is 0 Å². The summed E-state index contributed by atoms with van der Waals surface area (Å²) in [6.45, 7) is 0. The average molecular weight is 347 g/mol. The molecule has 4 nitrogen and oxygen atoms in total. The fraction of sp³-hybridized carbons (Fsp3) is 0.250. The minimum absolute atomic E-state index is 0.125. The summed E-state index contributed by atoms with van der Waals surface area (Å²) in [5.74, 6) is 0.580. The highest BCUT2D eigenvalue weighted by Gasteiger charge is 2.31. The smallest absolute Gasteiger partial charge is 0.269 e. The predicted molar refractivity (Wildman–Crippen MR) is 86.6 cm³/mol. The molecular formula is C16H15BrN2O2. The molecule has 0 saturated heterocycles. The molecule has 5 heteroatoms. The van der Waals surface area contributed by atoms with Crippen LogP contribution in [0.5, 0.6) is 0 Å². The summed E-state index contributed by atoms with van der Waals surface area (Å²) in [6.07, 6.45) is 2.17. The van der Waals surface area contributed by atoms with E-state index in [9.17, 15) is 10.1 Å². The SMILES string of the molecule is O=[N+]([O-])c1ccc(NC2CC(c3ccccc3Br)C2)cc1. The standard InChI is InChI=1S/C16H15BrN2O2/c17-16-4-2-1-3-15(16)11-9-13(10-11)18-12-5-7-14(8-6-12)19(20)21/h1-8,11,13,18H,9-10H2. The Bertz CT molecular complexity index is 652. The van der Waals surface area contributed by atoms with E-state index in [1.54, 1.807) is 12.1 Å². The van der Waals surface area contributed by atoms with Crippen LogP contribution in [0.3, 0.4) is 0 Å². The van der Waals surface area contributed by atoms with Crippen LogP contribution in [0.2, 0.25) is 0 Å². The van der Waals surface area contributed by atoms with E-state index < -0.39 is 0 Å². The highest BCUT2D eigenvalue weighted by molar-refractivity contribution is 9.10. The van der Waals surface area contributed by atoms with Gasteiger partial charge in [0.25, 0.3) is 5.69 Å². The van der Waals surface area contributed by atoms with Gasteiger partial charge in [-0.2, -0.15) is 0 Å². The second-order valence-corrected chi connectivity index (χ2v) is 6.19. The van der Waals surface area contributed by atoms with Crippen molar-refractivity contribution >= 4 is 27.3 Å². The first-order valence-corrected chi connectivity index (χ1v) is 7.68. The summed E-state index contributed by atoms with van der Waals surface area (Å²) in [7, 11) is 0. The van der Waals surface area contributed by atoms with Gasteiger partial charge in [-0.05, 0) is 42.5 Å². The van der Waals surface area contributed by atoms with Crippen molar-refractivity contribution in [1.82, 2.24) is 0 Å². The van der Waals surface area contributed by atoms with Crippen molar-refractivity contribution in [3.05, 3.63) is 68.7 Å². The Morgan fingerprint density at radius 2 is 1.76 bits per heavy atom. The maximum atomic E-state index is 10.6. The lowest BCUT2D eigenvalue weighted by Gasteiger charge is -2.37. The zero-order valence-electron chi connectivity index (χ0n) is 11.3. The fourth-order valence-corrected chi connectivity index (χ4v) is 3.32. The van der Waals surface area contributed by atoms with E-state index in [2.05, 4.69) is 39.4 Å². The van der Waals surface area contributed by atoms with Gasteiger partial charge in [0.1, 0.15) is 0 Å². The molecule has 0 bridgehead atoms. The van der Waals surface area contributed by atoms with Crippen LogP contribution in [0, 0.1) is 10.1 Å². The van der Waals surface area contributed by atoms with Gasteiger partial charge in [0, 0.05) is 28.3 Å². The second kappa shape index (κ2) is 5.85. The molecule has 2 aromatic carbocycles. The Morgan fingerprint density at radius 3 is 2.38 bits per heavy atom. The maximum Gasteiger partial charge on any atom is 0.269 e. The number of nitrogens with one attached hydrogen (secondary N) is 1. The third-order valence-electron chi connectivity index (χ3n) is 3.93. The summed E-state index contributed by atoms with van der Waals surface area (Å²) in [5, 5.41) is 14.0. The number of halogens is 1. The lowest BCUT2D eigenvalue weighted by molar-refractivity contribution is -0.384. The first-order chi connectivity index (χ1) is 10.1. The largest absolute Gasteiger partial charge is 0.382 e. The van der Waals surface area contributed by atoms with Gasteiger partial charge in [-0.3, -0.25) is 10.1 Å². The van der Waals surface area contributed by atoms with Crippen LogP contribution in [0.15, 0.2) is 53.0 Å². The van der Waals surface area contributed by atoms with Crippen molar-refractivity contribution < 1.29 is 4.92 Å². The van der Waals surface area contributed by atoms with E-state index in [-0.39, 0.29) is 10.6 Å². The van der Waals surface area contributed by atoms with E-state index in [0.29, 0.717) is 12.0 Å². The van der Waals surface area contributed by atoms with Crippen LogP contribution >= 0.6 is 15.9 Å². The Kier molecular flexibility index (Phi) is 3.92. The molecule has 0 aromatic heterocycles. The molecule has 0 heterocycles. The summed E-state index contributed by atoms with van der Waals surface area (Å²) in [4.78, 5) is 10.2. The van der Waals surface area contributed by atoms with Crippen LogP contribution in [0.25, 0.3) is 0 Å². The summed E-state index contributed by atoms with van der Waals surface area (Å²) in [5.41, 5.74) is 2.43. The predicted octanol–water partition coefficient (Wildman–Crippen LogP) is 4.72. The molecule has 2 aromatic rings. The molecule has 108 valence electrons. The van der Waals surface area contributed by atoms with Crippen LogP contribution in [0.1, 0.15) is 24.3 Å². The van der Waals surface area contributed by atoms with Crippen LogP contribution in [-0.2, 0) is 0 Å². The molecule has 1 aliphatic carbocycles. The number of non-ortho nitro benzene ring substituents is 1. The molecule has 21 heavy (non-hydrogen) atoms. The molecule has 0 spiro atoms. The molecule has 1 N–H and O–H groups in total. The highest BCUT2D eigenvalue weighted by atomic mass is 79.9. The van der Waals surface area contributed by atoms with Gasteiger partial charge < -0.3 is 5.32 Å². The molecule has 0 amide bonds. The Morgan fingerprint density at radius 1 is 1.10 bits per heavy atom. The van der Waals surface area contributed by atoms with Crippen molar-refractivity contribution in [2.24, 2.45) is 0 Å². The number of anilines is 1. The van der Waals surface area contributed by atoms with E-state index in [0.717, 1.165) is 18.5 Å². The third-order valence-corrected chi connectivity index (χ3v) is 4.65. The normalized spacial score (nSPS) is 20.6. The lowest BCUT2D eigenvalue weighted by Crippen LogP contribution is -2.34. The molecule has 1 aliphatic rings. The summed E-state index contributed by atoms with van der Waals surface area (Å²) >= 11 is 3.60. The molecule has 0 aliphatic heterocycles. The van der Waals surface area contributed by atoms with Crippen LogP contribution in [0.4, 0.5) is 11.4 Å². The highest BCUT2D eigenvalue weighted by Crippen LogP contribution is 2.41. The number of hydrogen-bond donors (Lipinski definition) is 1. The van der Waals surface area contributed by atoms with Gasteiger partial charge in [-0.25, -0.2) is 0 Å². The first-order valence-electron chi connectivity index (χ1n) is 6.89. The topological polar surface area (TPSA) is 55.2 Å². The molecule has 0 atom stereocenters. The minimum atomic E-state index is -0.379. The zero-order valence-corrected chi connectivity index (χ0v) is 12.9. The van der Waals surface area contributed by atoms with Crippen molar-refractivity contribution in [2.75, 3.05) is 5.32 Å². The number of rotatable bonds is 4. The molecule has 1 fully saturated rings. The zero-order chi connectivity index (χ0) is 14.8. The first kappa shape index (κ1) is 14.1. The fourth-order valence-electron chi connectivity index (χ4n) is 2.71. The number of nitro benzene ring substituents is 1. The van der Waals surface area contributed by atoms with Crippen LogP contribution in [-0.4, -0.2) is 11.0 Å². The van der Waals surface area contributed by atoms with Gasteiger partial charge in [-0.15, -0.1) is 0 Å². The number of hydrogen-bond acceptors (Lipinski definition) is 3. The Balaban J connectivity index is 1.57. The maximum absolute atomic E-state index is 10.6. The molecule has 0 radical (unpaired) electrons. The van der Waals surface area contributed by atoms with Gasteiger partial charge in [-0.1, -0.05) is 34.1 Å². The van der Waals surface area contributed by atoms with Crippen molar-refractivity contribution in [3.8, 4) is 0 Å². The lowest BCUT2D eigenvalue weighted by atomic mass is 9.76. The summed E-state index contributed by atoms with van der Waals surface area (Å²) < 4.78 is 1.17.